The number of aliphatic hydroxyl groups is 1. The summed E-state index contributed by atoms with van der Waals surface area (Å²) in [4.78, 5) is 13.3. The number of carbonyl (C=O) groups is 1. The van der Waals surface area contributed by atoms with Crippen molar-refractivity contribution < 1.29 is 18.7 Å². The van der Waals surface area contributed by atoms with Crippen LogP contribution in [0.15, 0.2) is 59.2 Å². The summed E-state index contributed by atoms with van der Waals surface area (Å²) in [5.41, 5.74) is 1.52. The molecule has 1 amide bonds. The molecule has 1 aromatic heterocycles. The molecular weight excluding hydrogens is 543 g/mol. The van der Waals surface area contributed by atoms with Crippen molar-refractivity contribution in [3.63, 3.8) is 0 Å². The predicted molar refractivity (Wildman–Crippen MR) is 141 cm³/mol. The van der Waals surface area contributed by atoms with Crippen LogP contribution in [0.25, 0.3) is 0 Å². The highest BCUT2D eigenvalue weighted by Gasteiger charge is 2.65. The molecule has 2 N–H and O–H groups in total. The SMILES string of the molecule is C[C@@H]1[C@@H]([Si](C)(C)F)[C@H](CCn2cc(C(CO)c3ccccc3)nn2)O[C@@]12C(=O)Nc1ccc(Br)cc12. The van der Waals surface area contributed by atoms with E-state index in [1.165, 1.54) is 0 Å². The average Bonchev–Trinajstić information content (AvgIpc) is 3.50. The van der Waals surface area contributed by atoms with Crippen LogP contribution < -0.4 is 5.32 Å². The van der Waals surface area contributed by atoms with E-state index in [0.717, 1.165) is 15.6 Å². The van der Waals surface area contributed by atoms with Gasteiger partial charge in [-0.15, -0.1) is 5.10 Å². The molecule has 0 radical (unpaired) electrons. The lowest BCUT2D eigenvalue weighted by Crippen LogP contribution is -2.41. The molecule has 3 heterocycles. The van der Waals surface area contributed by atoms with E-state index in [1.807, 2.05) is 61.7 Å². The van der Waals surface area contributed by atoms with Crippen LogP contribution in [0.5, 0.6) is 0 Å². The number of rotatable bonds is 7. The molecule has 0 aliphatic carbocycles. The number of aryl methyl sites for hydroxylation is 1. The second-order valence-electron chi connectivity index (χ2n) is 10.3. The van der Waals surface area contributed by atoms with Gasteiger partial charge in [0.15, 0.2) is 5.60 Å². The van der Waals surface area contributed by atoms with E-state index >= 15 is 4.11 Å². The van der Waals surface area contributed by atoms with Crippen molar-refractivity contribution in [3.8, 4) is 0 Å². The highest BCUT2D eigenvalue weighted by Crippen LogP contribution is 2.59. The second kappa shape index (κ2) is 9.48. The zero-order chi connectivity index (χ0) is 25.7. The number of aliphatic hydroxyl groups excluding tert-OH is 1. The molecule has 5 atom stereocenters. The normalized spacial score (nSPS) is 26.3. The van der Waals surface area contributed by atoms with Crippen LogP contribution in [-0.2, 0) is 21.7 Å². The standard InChI is InChI=1S/C26H30BrFN4O3Si/c1-16-24(36(2,3)28)23(35-26(16)20-13-18(27)9-10-21(20)29-25(26)34)11-12-32-14-22(30-31-32)19(15-33)17-7-5-4-6-8-17/h4-10,13-14,16,19,23-24,33H,11-12,15H2,1-3H3,(H,29,34)/t16-,19?,23+,24-,26+/m1/s1. The van der Waals surface area contributed by atoms with Gasteiger partial charge in [-0.3, -0.25) is 9.48 Å². The van der Waals surface area contributed by atoms with Gasteiger partial charge in [0, 0.05) is 39.9 Å². The van der Waals surface area contributed by atoms with Gasteiger partial charge in [-0.05, 0) is 43.3 Å². The molecular formula is C26H30BrFN4O3Si. The van der Waals surface area contributed by atoms with Gasteiger partial charge in [0.2, 0.25) is 8.41 Å². The van der Waals surface area contributed by atoms with Crippen LogP contribution in [0.3, 0.4) is 0 Å². The molecule has 0 bridgehead atoms. The molecule has 5 rings (SSSR count). The molecule has 190 valence electrons. The zero-order valence-corrected chi connectivity index (χ0v) is 23.1. The fourth-order valence-electron chi connectivity index (χ4n) is 6.01. The Bertz CT molecular complexity index is 1270. The summed E-state index contributed by atoms with van der Waals surface area (Å²) in [6.07, 6.45) is 1.87. The molecule has 7 nitrogen and oxygen atoms in total. The molecule has 2 aliphatic heterocycles. The monoisotopic (exact) mass is 572 g/mol. The maximum atomic E-state index is 15.7. The largest absolute Gasteiger partial charge is 0.395 e. The van der Waals surface area contributed by atoms with E-state index in [1.54, 1.807) is 17.8 Å². The maximum absolute atomic E-state index is 15.7. The van der Waals surface area contributed by atoms with E-state index in [0.29, 0.717) is 24.3 Å². The third-order valence-corrected chi connectivity index (χ3v) is 10.6. The summed E-state index contributed by atoms with van der Waals surface area (Å²) >= 11 is 3.51. The summed E-state index contributed by atoms with van der Waals surface area (Å²) in [6.45, 7) is 5.70. The highest BCUT2D eigenvalue weighted by molar-refractivity contribution is 9.10. The topological polar surface area (TPSA) is 89.3 Å². The first-order valence-corrected chi connectivity index (χ1v) is 15.9. The molecule has 1 fully saturated rings. The smallest absolute Gasteiger partial charge is 0.261 e. The van der Waals surface area contributed by atoms with E-state index < -0.39 is 20.1 Å². The van der Waals surface area contributed by atoms with Gasteiger partial charge in [-0.1, -0.05) is 58.4 Å². The maximum Gasteiger partial charge on any atom is 0.261 e. The minimum atomic E-state index is -3.20. The number of nitrogens with one attached hydrogen (secondary N) is 1. The van der Waals surface area contributed by atoms with Crippen molar-refractivity contribution in [3.05, 3.63) is 76.0 Å². The quantitative estimate of drug-likeness (QED) is 0.308. The third kappa shape index (κ3) is 4.23. The lowest BCUT2D eigenvalue weighted by atomic mass is 9.82. The van der Waals surface area contributed by atoms with Crippen LogP contribution >= 0.6 is 15.9 Å². The van der Waals surface area contributed by atoms with Crippen LogP contribution in [-0.4, -0.2) is 47.1 Å². The Morgan fingerprint density at radius 1 is 1.28 bits per heavy atom. The number of hydrogen-bond acceptors (Lipinski definition) is 5. The van der Waals surface area contributed by atoms with E-state index in [4.69, 9.17) is 4.74 Å². The van der Waals surface area contributed by atoms with Crippen LogP contribution in [0.1, 0.15) is 36.1 Å². The zero-order valence-electron chi connectivity index (χ0n) is 20.5. The summed E-state index contributed by atoms with van der Waals surface area (Å²) in [5, 5.41) is 21.5. The lowest BCUT2D eigenvalue weighted by molar-refractivity contribution is -0.143. The van der Waals surface area contributed by atoms with E-state index in [2.05, 4.69) is 31.6 Å². The van der Waals surface area contributed by atoms with Crippen molar-refractivity contribution in [2.24, 2.45) is 5.92 Å². The highest BCUT2D eigenvalue weighted by atomic mass is 79.9. The molecule has 3 aromatic rings. The van der Waals surface area contributed by atoms with Gasteiger partial charge in [0.25, 0.3) is 5.91 Å². The summed E-state index contributed by atoms with van der Waals surface area (Å²) in [5.74, 6) is -0.827. The van der Waals surface area contributed by atoms with Gasteiger partial charge < -0.3 is 19.3 Å². The Labute approximate surface area is 219 Å². The predicted octanol–water partition coefficient (Wildman–Crippen LogP) is 4.98. The number of amides is 1. The first kappa shape index (κ1) is 25.3. The number of fused-ring (bicyclic) bond motifs is 2. The number of benzene rings is 2. The number of halogens is 2. The molecule has 1 spiro atoms. The Balaban J connectivity index is 1.40. The van der Waals surface area contributed by atoms with Crippen molar-refractivity contribution in [2.45, 2.75) is 56.1 Å². The van der Waals surface area contributed by atoms with Crippen LogP contribution in [0.2, 0.25) is 18.6 Å². The fourth-order valence-corrected chi connectivity index (χ4v) is 8.91. The number of anilines is 1. The number of ether oxygens (including phenoxy) is 1. The molecule has 0 saturated carbocycles. The number of hydrogen-bond donors (Lipinski definition) is 2. The summed E-state index contributed by atoms with van der Waals surface area (Å²) in [7, 11) is -3.20. The molecule has 10 heteroatoms. The summed E-state index contributed by atoms with van der Waals surface area (Å²) < 4.78 is 24.9. The van der Waals surface area contributed by atoms with Gasteiger partial charge in [0.1, 0.15) is 0 Å². The van der Waals surface area contributed by atoms with Gasteiger partial charge in [-0.2, -0.15) is 0 Å². The van der Waals surface area contributed by atoms with E-state index in [9.17, 15) is 9.90 Å². The first-order chi connectivity index (χ1) is 17.1. The van der Waals surface area contributed by atoms with Crippen molar-refractivity contribution >= 4 is 35.9 Å². The molecule has 1 unspecified atom stereocenters. The van der Waals surface area contributed by atoms with E-state index in [-0.39, 0.29) is 29.9 Å². The summed E-state index contributed by atoms with van der Waals surface area (Å²) in [6, 6.07) is 15.3. The third-order valence-electron chi connectivity index (χ3n) is 7.62. The Morgan fingerprint density at radius 2 is 2.03 bits per heavy atom. The Hall–Kier alpha value is -2.40. The van der Waals surface area contributed by atoms with Crippen molar-refractivity contribution in [1.29, 1.82) is 0 Å². The number of carbonyl (C=O) groups excluding carboxylic acids is 1. The Kier molecular flexibility index (Phi) is 6.65. The fraction of sp³-hybridized carbons (Fsp3) is 0.423. The number of nitrogens with zero attached hydrogens (tertiary/aromatic N) is 3. The molecule has 2 aliphatic rings. The molecule has 1 saturated heterocycles. The molecule has 2 aromatic carbocycles. The molecule has 36 heavy (non-hydrogen) atoms. The minimum Gasteiger partial charge on any atom is -0.395 e. The first-order valence-electron chi connectivity index (χ1n) is 12.2. The van der Waals surface area contributed by atoms with Gasteiger partial charge in [0.05, 0.1) is 24.3 Å². The second-order valence-corrected chi connectivity index (χ2v) is 15.0. The van der Waals surface area contributed by atoms with Gasteiger partial charge >= 0.3 is 0 Å². The van der Waals surface area contributed by atoms with Crippen LogP contribution in [0, 0.1) is 5.92 Å². The minimum absolute atomic E-state index is 0.0811. The average molecular weight is 574 g/mol. The van der Waals surface area contributed by atoms with Crippen molar-refractivity contribution in [1.82, 2.24) is 15.0 Å². The Morgan fingerprint density at radius 3 is 2.72 bits per heavy atom. The van der Waals surface area contributed by atoms with Crippen LogP contribution in [0.4, 0.5) is 9.80 Å². The van der Waals surface area contributed by atoms with Gasteiger partial charge in [-0.25, -0.2) is 0 Å². The number of aromatic nitrogens is 3. The van der Waals surface area contributed by atoms with Crippen molar-refractivity contribution in [2.75, 3.05) is 11.9 Å². The lowest BCUT2D eigenvalue weighted by Gasteiger charge is -2.30.